The molecule has 0 fully saturated rings. The molecule has 0 saturated heterocycles. The van der Waals surface area contributed by atoms with Gasteiger partial charge in [-0.15, -0.1) is 5.67 Å². The number of hydrogen-bond donors (Lipinski definition) is 0. The first-order valence-electron chi connectivity index (χ1n) is 2.53. The van der Waals surface area contributed by atoms with E-state index in [1.165, 1.54) is 12.8 Å². The van der Waals surface area contributed by atoms with Crippen LogP contribution in [0.2, 0.25) is 6.55 Å². The van der Waals surface area contributed by atoms with E-state index in [4.69, 9.17) is 0 Å². The van der Waals surface area contributed by atoms with E-state index in [0.717, 1.165) is 0 Å². The summed E-state index contributed by atoms with van der Waals surface area (Å²) in [6, 6.07) is 0. The minimum atomic E-state index is 0.659. The smallest absolute Gasteiger partial charge is 0.0153 e. The van der Waals surface area contributed by atoms with Gasteiger partial charge >= 0.3 is 0 Å². The first-order chi connectivity index (χ1) is 2.91. The van der Waals surface area contributed by atoms with Crippen LogP contribution in [0.4, 0.5) is 0 Å². The Morgan fingerprint density at radius 3 is 2.50 bits per heavy atom. The summed E-state index contributed by atoms with van der Waals surface area (Å²) in [5.41, 5.74) is 2.39. The van der Waals surface area contributed by atoms with Crippen molar-refractivity contribution in [3.63, 3.8) is 0 Å². The summed E-state index contributed by atoms with van der Waals surface area (Å²) >= 11 is 0. The fourth-order valence-corrected chi connectivity index (χ4v) is 1.00. The SMILES string of the molecule is CCC/C=[SiH]\C. The van der Waals surface area contributed by atoms with Crippen molar-refractivity contribution in [2.75, 3.05) is 0 Å². The van der Waals surface area contributed by atoms with Crippen LogP contribution in [0.25, 0.3) is 0 Å². The van der Waals surface area contributed by atoms with Gasteiger partial charge in [-0.25, -0.2) is 0 Å². The Morgan fingerprint density at radius 2 is 2.33 bits per heavy atom. The van der Waals surface area contributed by atoms with Crippen molar-refractivity contribution in [2.24, 2.45) is 0 Å². The quantitative estimate of drug-likeness (QED) is 0.455. The predicted molar refractivity (Wildman–Crippen MR) is 34.0 cm³/mol. The zero-order valence-electron chi connectivity index (χ0n) is 4.57. The summed E-state index contributed by atoms with van der Waals surface area (Å²) in [5.74, 6) is 0. The lowest BCUT2D eigenvalue weighted by molar-refractivity contribution is 1.02. The first-order valence-corrected chi connectivity index (χ1v) is 4.35. The predicted octanol–water partition coefficient (Wildman–Crippen LogP) is 1.07. The van der Waals surface area contributed by atoms with Gasteiger partial charge in [0, 0.05) is 0 Å². The van der Waals surface area contributed by atoms with Crippen molar-refractivity contribution in [3.8, 4) is 0 Å². The Kier molecular flexibility index (Phi) is 5.16. The van der Waals surface area contributed by atoms with Gasteiger partial charge in [-0.05, 0) is 15.6 Å². The van der Waals surface area contributed by atoms with Gasteiger partial charge in [0.05, 0.1) is 0 Å². The summed E-state index contributed by atoms with van der Waals surface area (Å²) in [6.07, 6.45) is 2.65. The average molecular weight is 100 g/mol. The van der Waals surface area contributed by atoms with Crippen LogP contribution in [0.3, 0.4) is 0 Å². The molecule has 1 heteroatoms. The summed E-state index contributed by atoms with van der Waals surface area (Å²) in [5, 5.41) is 0. The van der Waals surface area contributed by atoms with E-state index < -0.39 is 0 Å². The van der Waals surface area contributed by atoms with Crippen LogP contribution in [-0.4, -0.2) is 14.8 Å². The number of unbranched alkanes of at least 4 members (excludes halogenated alkanes) is 1. The second-order valence-electron chi connectivity index (χ2n) is 1.36. The molecule has 0 nitrogen and oxygen atoms in total. The highest BCUT2D eigenvalue weighted by atomic mass is 28.2. The van der Waals surface area contributed by atoms with E-state index in [2.05, 4.69) is 19.1 Å². The molecule has 0 saturated carbocycles. The highest BCUT2D eigenvalue weighted by Gasteiger charge is 1.64. The minimum Gasteiger partial charge on any atom is -0.107 e. The van der Waals surface area contributed by atoms with Crippen molar-refractivity contribution < 1.29 is 0 Å². The lowest BCUT2D eigenvalue weighted by Crippen LogP contribution is -1.74. The monoisotopic (exact) mass is 100 g/mol. The second kappa shape index (κ2) is 5.09. The maximum absolute atomic E-state index is 2.39. The van der Waals surface area contributed by atoms with E-state index in [1.54, 1.807) is 0 Å². The van der Waals surface area contributed by atoms with E-state index in [1.807, 2.05) is 0 Å². The Labute approximate surface area is 42.0 Å². The molecule has 0 atom stereocenters. The van der Waals surface area contributed by atoms with Gasteiger partial charge in [-0.1, -0.05) is 19.9 Å². The van der Waals surface area contributed by atoms with E-state index >= 15 is 0 Å². The van der Waals surface area contributed by atoms with Crippen LogP contribution in [0.1, 0.15) is 19.8 Å². The molecule has 0 aliphatic carbocycles. The van der Waals surface area contributed by atoms with Gasteiger partial charge in [0.2, 0.25) is 0 Å². The molecule has 0 aromatic rings. The molecule has 0 aliphatic heterocycles. The third-order valence-electron chi connectivity index (χ3n) is 0.691. The third kappa shape index (κ3) is 4.09. The highest BCUT2D eigenvalue weighted by molar-refractivity contribution is 6.45. The van der Waals surface area contributed by atoms with Crippen LogP contribution in [-0.2, 0) is 0 Å². The molecule has 0 rings (SSSR count). The molecule has 0 aromatic carbocycles. The Balaban J connectivity index is 2.66. The molecule has 0 spiro atoms. The van der Waals surface area contributed by atoms with E-state index in [-0.39, 0.29) is 0 Å². The summed E-state index contributed by atoms with van der Waals surface area (Å²) in [7, 11) is 0.659. The van der Waals surface area contributed by atoms with Gasteiger partial charge in [-0.2, -0.15) is 0 Å². The first kappa shape index (κ1) is 6.09. The summed E-state index contributed by atoms with van der Waals surface area (Å²) in [4.78, 5) is 0. The van der Waals surface area contributed by atoms with E-state index in [9.17, 15) is 0 Å². The largest absolute Gasteiger partial charge is 0.107 e. The standard InChI is InChI=1S/C5H12Si/c1-3-4-5-6-2/h5-6H,3-4H2,1-2H3/b6-5-. The molecule has 36 valence electrons. The van der Waals surface area contributed by atoms with Crippen LogP contribution in [0.5, 0.6) is 0 Å². The molecule has 0 unspecified atom stereocenters. The molecule has 0 aromatic heterocycles. The average Bonchev–Trinajstić information content (AvgIpc) is 1.61. The lowest BCUT2D eigenvalue weighted by Gasteiger charge is -1.76. The van der Waals surface area contributed by atoms with Crippen LogP contribution >= 0.6 is 0 Å². The normalized spacial score (nSPS) is 10.3. The minimum absolute atomic E-state index is 0.659. The van der Waals surface area contributed by atoms with Gasteiger partial charge in [0.15, 0.2) is 0 Å². The molecule has 0 radical (unpaired) electrons. The zero-order valence-corrected chi connectivity index (χ0v) is 5.72. The van der Waals surface area contributed by atoms with Crippen molar-refractivity contribution in [1.82, 2.24) is 0 Å². The molecular weight excluding hydrogens is 88.1 g/mol. The number of hydrogen-bond acceptors (Lipinski definition) is 0. The van der Waals surface area contributed by atoms with Gasteiger partial charge in [-0.3, -0.25) is 0 Å². The summed E-state index contributed by atoms with van der Waals surface area (Å²) in [6.45, 7) is 4.47. The van der Waals surface area contributed by atoms with Crippen molar-refractivity contribution in [2.45, 2.75) is 26.3 Å². The van der Waals surface area contributed by atoms with Crippen LogP contribution < -0.4 is 0 Å². The van der Waals surface area contributed by atoms with Crippen LogP contribution in [0, 0.1) is 0 Å². The van der Waals surface area contributed by atoms with Gasteiger partial charge in [0.25, 0.3) is 0 Å². The molecule has 0 N–H and O–H groups in total. The lowest BCUT2D eigenvalue weighted by atomic mass is 10.4. The maximum Gasteiger partial charge on any atom is -0.0153 e. The fourth-order valence-electron chi connectivity index (χ4n) is 0.333. The van der Waals surface area contributed by atoms with Gasteiger partial charge < -0.3 is 0 Å². The second-order valence-corrected chi connectivity index (χ2v) is 2.50. The van der Waals surface area contributed by atoms with Crippen molar-refractivity contribution in [1.29, 1.82) is 0 Å². The third-order valence-corrected chi connectivity index (χ3v) is 1.50. The molecule has 0 heterocycles. The molecule has 0 aliphatic rings. The Bertz CT molecular complexity index is 39.2. The molecule has 0 bridgehead atoms. The zero-order chi connectivity index (χ0) is 4.83. The molecular formula is C5H12Si. The Hall–Kier alpha value is 0.0869. The molecule has 0 amide bonds. The van der Waals surface area contributed by atoms with Crippen LogP contribution in [0.15, 0.2) is 0 Å². The number of rotatable bonds is 2. The molecule has 6 heavy (non-hydrogen) atoms. The van der Waals surface area contributed by atoms with Crippen molar-refractivity contribution >= 4 is 14.8 Å². The van der Waals surface area contributed by atoms with Gasteiger partial charge in [0.1, 0.15) is 0 Å². The summed E-state index contributed by atoms with van der Waals surface area (Å²) < 4.78 is 0. The highest BCUT2D eigenvalue weighted by Crippen LogP contribution is 1.75. The maximum atomic E-state index is 2.39. The fraction of sp³-hybridized carbons (Fsp3) is 0.800. The van der Waals surface area contributed by atoms with E-state index in [0.29, 0.717) is 9.13 Å². The topological polar surface area (TPSA) is 0 Å². The van der Waals surface area contributed by atoms with Crippen molar-refractivity contribution in [3.05, 3.63) is 0 Å². The Morgan fingerprint density at radius 1 is 1.67 bits per heavy atom.